The van der Waals surface area contributed by atoms with Crippen LogP contribution in [-0.4, -0.2) is 9.13 Å². The molecule has 0 atom stereocenters. The van der Waals surface area contributed by atoms with E-state index in [0.29, 0.717) is 0 Å². The smallest absolute Gasteiger partial charge is 0.0553 e. The molecule has 0 amide bonds. The summed E-state index contributed by atoms with van der Waals surface area (Å²) >= 11 is 0. The van der Waals surface area contributed by atoms with Gasteiger partial charge in [-0.15, -0.1) is 6.58 Å². The van der Waals surface area contributed by atoms with E-state index in [9.17, 15) is 0 Å². The first-order valence-electron chi connectivity index (χ1n) is 17.4. The van der Waals surface area contributed by atoms with E-state index in [1.165, 1.54) is 66.0 Å². The minimum Gasteiger partial charge on any atom is -0.309 e. The van der Waals surface area contributed by atoms with Crippen molar-refractivity contribution in [3.63, 3.8) is 0 Å². The molecule has 2 aromatic heterocycles. The molecule has 7 aromatic carbocycles. The van der Waals surface area contributed by atoms with E-state index >= 15 is 0 Å². The Bertz CT molecular complexity index is 2850. The van der Waals surface area contributed by atoms with Crippen LogP contribution in [0, 0.1) is 0 Å². The number of benzene rings is 7. The lowest BCUT2D eigenvalue weighted by Gasteiger charge is -2.10. The fourth-order valence-corrected chi connectivity index (χ4v) is 8.20. The number of aromatic nitrogens is 2. The normalized spacial score (nSPS) is 11.5. The van der Waals surface area contributed by atoms with Crippen LogP contribution in [-0.2, 0) is 0 Å². The van der Waals surface area contributed by atoms with Crippen molar-refractivity contribution in [1.82, 2.24) is 9.13 Å². The van der Waals surface area contributed by atoms with Crippen LogP contribution in [0.5, 0.6) is 0 Å². The third-order valence-corrected chi connectivity index (χ3v) is 10.2. The van der Waals surface area contributed by atoms with E-state index < -0.39 is 0 Å². The van der Waals surface area contributed by atoms with Crippen LogP contribution >= 0.6 is 0 Å². The summed E-state index contributed by atoms with van der Waals surface area (Å²) in [5.41, 5.74) is 15.6. The van der Waals surface area contributed by atoms with Gasteiger partial charge in [0.2, 0.25) is 0 Å². The molecule has 2 heterocycles. The molecule has 0 N–H and O–H groups in total. The highest BCUT2D eigenvalue weighted by molar-refractivity contribution is 6.29. The lowest BCUT2D eigenvalue weighted by Crippen LogP contribution is -1.96. The molecular formula is C49H36N2. The molecule has 2 heteroatoms. The molecule has 51 heavy (non-hydrogen) atoms. The predicted molar refractivity (Wildman–Crippen MR) is 221 cm³/mol. The monoisotopic (exact) mass is 652 g/mol. The fourth-order valence-electron chi connectivity index (χ4n) is 8.20. The second kappa shape index (κ2) is 12.0. The van der Waals surface area contributed by atoms with Gasteiger partial charge in [0, 0.05) is 33.1 Å². The first-order chi connectivity index (χ1) is 25.2. The molecule has 0 aliphatic heterocycles. The number of nitrogens with zero attached hydrogens (tertiary/aromatic N) is 2. The molecule has 242 valence electrons. The van der Waals surface area contributed by atoms with E-state index in [1.807, 2.05) is 25.1 Å². The van der Waals surface area contributed by atoms with E-state index in [2.05, 4.69) is 168 Å². The maximum absolute atomic E-state index is 4.21. The summed E-state index contributed by atoms with van der Waals surface area (Å²) in [4.78, 5) is 0. The molecule has 1 aliphatic carbocycles. The highest BCUT2D eigenvalue weighted by Gasteiger charge is 2.25. The number of hydrogen-bond donors (Lipinski definition) is 0. The third kappa shape index (κ3) is 4.50. The maximum Gasteiger partial charge on any atom is 0.0553 e. The van der Waals surface area contributed by atoms with Crippen LogP contribution in [0.15, 0.2) is 171 Å². The summed E-state index contributed by atoms with van der Waals surface area (Å²) in [6.07, 6.45) is 5.65. The van der Waals surface area contributed by atoms with E-state index in [0.717, 1.165) is 33.5 Å². The largest absolute Gasteiger partial charge is 0.309 e. The standard InChI is InChI=1S/C46H30N2.C3H6/c1-3-33-38-26-29(22-24-42(38)47(41(33)4-2)31-14-7-5-8-15-31)30-23-25-43-40(27-30)46-37-21-13-20-36-34-18-11-12-19-35(34)39(45(36)37)28-44(46)48(43)32-16-9-6-10-17-32;1-3-2/h3-28H,1-2H2;3H,1H2,2H3. The highest BCUT2D eigenvalue weighted by atomic mass is 15.0. The van der Waals surface area contributed by atoms with Gasteiger partial charge in [0.05, 0.1) is 22.2 Å². The van der Waals surface area contributed by atoms with E-state index in [4.69, 9.17) is 0 Å². The molecule has 0 saturated heterocycles. The van der Waals surface area contributed by atoms with Crippen LogP contribution in [0.3, 0.4) is 0 Å². The first kappa shape index (κ1) is 30.4. The van der Waals surface area contributed by atoms with Gasteiger partial charge in [-0.05, 0) is 112 Å². The van der Waals surface area contributed by atoms with Crippen molar-refractivity contribution in [1.29, 1.82) is 0 Å². The Kier molecular flexibility index (Phi) is 7.19. The molecule has 10 rings (SSSR count). The zero-order chi connectivity index (χ0) is 34.6. The van der Waals surface area contributed by atoms with Gasteiger partial charge >= 0.3 is 0 Å². The van der Waals surface area contributed by atoms with Gasteiger partial charge in [0.25, 0.3) is 0 Å². The molecule has 1 aliphatic rings. The zero-order valence-corrected chi connectivity index (χ0v) is 28.6. The Morgan fingerprint density at radius 2 is 0.980 bits per heavy atom. The molecule has 0 spiro atoms. The van der Waals surface area contributed by atoms with Gasteiger partial charge in [-0.2, -0.15) is 0 Å². The van der Waals surface area contributed by atoms with Gasteiger partial charge < -0.3 is 9.13 Å². The van der Waals surface area contributed by atoms with Gasteiger partial charge in [-0.3, -0.25) is 0 Å². The van der Waals surface area contributed by atoms with Crippen LogP contribution in [0.4, 0.5) is 0 Å². The van der Waals surface area contributed by atoms with E-state index in [1.54, 1.807) is 6.08 Å². The van der Waals surface area contributed by atoms with Crippen LogP contribution in [0.25, 0.3) is 100 Å². The van der Waals surface area contributed by atoms with Gasteiger partial charge in [0.15, 0.2) is 0 Å². The lowest BCUT2D eigenvalue weighted by molar-refractivity contribution is 1.11. The van der Waals surface area contributed by atoms with Crippen molar-refractivity contribution < 1.29 is 0 Å². The molecule has 0 saturated carbocycles. The summed E-state index contributed by atoms with van der Waals surface area (Å²) < 4.78 is 4.72. The van der Waals surface area contributed by atoms with Crippen LogP contribution < -0.4 is 0 Å². The third-order valence-electron chi connectivity index (χ3n) is 10.2. The van der Waals surface area contributed by atoms with Crippen molar-refractivity contribution >= 4 is 55.6 Å². The lowest BCUT2D eigenvalue weighted by atomic mass is 9.96. The van der Waals surface area contributed by atoms with Gasteiger partial charge in [0.1, 0.15) is 0 Å². The quantitative estimate of drug-likeness (QED) is 0.164. The number of rotatable bonds is 5. The highest BCUT2D eigenvalue weighted by Crippen LogP contribution is 2.51. The molecule has 0 unspecified atom stereocenters. The van der Waals surface area contributed by atoms with Gasteiger partial charge in [-0.1, -0.05) is 116 Å². The maximum atomic E-state index is 4.21. The minimum absolute atomic E-state index is 1.05. The Balaban J connectivity index is 0.00000112. The summed E-state index contributed by atoms with van der Waals surface area (Å²) in [6, 6.07) is 53.1. The van der Waals surface area contributed by atoms with Crippen molar-refractivity contribution in [2.75, 3.05) is 0 Å². The Labute approximate surface area is 298 Å². The molecular weight excluding hydrogens is 617 g/mol. The van der Waals surface area contributed by atoms with Crippen LogP contribution in [0.2, 0.25) is 0 Å². The Hall–Kier alpha value is -6.64. The Morgan fingerprint density at radius 3 is 1.61 bits per heavy atom. The van der Waals surface area contributed by atoms with Crippen molar-refractivity contribution in [2.24, 2.45) is 0 Å². The number of allylic oxidation sites excluding steroid dienone is 1. The summed E-state index contributed by atoms with van der Waals surface area (Å²) in [6.45, 7) is 13.6. The van der Waals surface area contributed by atoms with Gasteiger partial charge in [-0.25, -0.2) is 0 Å². The molecule has 2 nitrogen and oxygen atoms in total. The SMILES string of the molecule is C=CC.C=Cc1c(C=C)n(-c2ccccc2)c2ccc(-c3ccc4c(c3)c3c5cccc6c5c(cc3n4-c3ccccc3)-c3ccccc3-6)cc12. The number of para-hydroxylation sites is 2. The average molecular weight is 653 g/mol. The first-order valence-corrected chi connectivity index (χ1v) is 17.4. The summed E-state index contributed by atoms with van der Waals surface area (Å²) in [5.74, 6) is 0. The molecule has 0 bridgehead atoms. The van der Waals surface area contributed by atoms with Crippen LogP contribution in [0.1, 0.15) is 18.2 Å². The summed E-state index contributed by atoms with van der Waals surface area (Å²) in [5, 5.41) is 6.36. The van der Waals surface area contributed by atoms with Crippen molar-refractivity contribution in [2.45, 2.75) is 6.92 Å². The van der Waals surface area contributed by atoms with Crippen molar-refractivity contribution in [3.8, 4) is 44.8 Å². The Morgan fingerprint density at radius 1 is 0.431 bits per heavy atom. The topological polar surface area (TPSA) is 9.86 Å². The second-order valence-electron chi connectivity index (χ2n) is 13.0. The second-order valence-corrected chi connectivity index (χ2v) is 13.0. The number of fused-ring (bicyclic) bond motifs is 8. The predicted octanol–water partition coefficient (Wildman–Crippen LogP) is 13.7. The number of hydrogen-bond acceptors (Lipinski definition) is 0. The average Bonchev–Trinajstić information content (AvgIpc) is 3.81. The zero-order valence-electron chi connectivity index (χ0n) is 28.6. The summed E-state index contributed by atoms with van der Waals surface area (Å²) in [7, 11) is 0. The molecule has 9 aromatic rings. The van der Waals surface area contributed by atoms with E-state index in [-0.39, 0.29) is 0 Å². The van der Waals surface area contributed by atoms with Crippen molar-refractivity contribution in [3.05, 3.63) is 183 Å². The fraction of sp³-hybridized carbons (Fsp3) is 0.0204. The molecule has 0 radical (unpaired) electrons. The molecule has 0 fully saturated rings. The minimum atomic E-state index is 1.05.